The number of sulfonamides is 1. The Bertz CT molecular complexity index is 524. The summed E-state index contributed by atoms with van der Waals surface area (Å²) in [4.78, 5) is 0. The van der Waals surface area contributed by atoms with Crippen molar-refractivity contribution in [1.82, 2.24) is 10.0 Å². The third kappa shape index (κ3) is 6.90. The minimum absolute atomic E-state index is 0.139. The lowest BCUT2D eigenvalue weighted by molar-refractivity contribution is -0.382. The van der Waals surface area contributed by atoms with E-state index in [0.29, 0.717) is 17.8 Å². The van der Waals surface area contributed by atoms with E-state index in [2.05, 4.69) is 5.32 Å². The Balaban J connectivity index is 0. The predicted molar refractivity (Wildman–Crippen MR) is 71.9 cm³/mol. The summed E-state index contributed by atoms with van der Waals surface area (Å²) in [6.07, 6.45) is -7.10. The van der Waals surface area contributed by atoms with Crippen LogP contribution in [0, 0.1) is 0 Å². The number of hydrogen-bond acceptors (Lipinski definition) is 6. The van der Waals surface area contributed by atoms with Gasteiger partial charge in [0.15, 0.2) is 0 Å². The molecule has 0 amide bonds. The molecule has 0 aliphatic rings. The maximum atomic E-state index is 12.9. The van der Waals surface area contributed by atoms with E-state index in [1.807, 2.05) is 0 Å². The number of halogens is 9. The molecule has 0 aliphatic heterocycles. The second-order valence-corrected chi connectivity index (χ2v) is 6.29. The average molecular weight is 448 g/mol. The van der Waals surface area contributed by atoms with E-state index in [-0.39, 0.29) is 13.2 Å². The van der Waals surface area contributed by atoms with Crippen LogP contribution in [0.15, 0.2) is 0 Å². The molecule has 0 aliphatic carbocycles. The van der Waals surface area contributed by atoms with Crippen molar-refractivity contribution >= 4 is 10.0 Å². The van der Waals surface area contributed by atoms with Crippen LogP contribution in [0.25, 0.3) is 0 Å². The van der Waals surface area contributed by atoms with Crippen LogP contribution in [-0.2, 0) is 10.0 Å². The Morgan fingerprint density at radius 2 is 1.04 bits per heavy atom. The average Bonchev–Trinajstić information content (AvgIpc) is 2.52. The van der Waals surface area contributed by atoms with Gasteiger partial charge in [-0.15, -0.1) is 0 Å². The highest BCUT2D eigenvalue weighted by atomic mass is 32.2. The number of hydrogen-bond donors (Lipinski definition) is 5. The maximum Gasteiger partial charge on any atom is 0.460 e. The van der Waals surface area contributed by atoms with Crippen molar-refractivity contribution in [2.75, 3.05) is 39.5 Å². The lowest BCUT2D eigenvalue weighted by Crippen LogP contribution is -2.65. The first-order valence-corrected chi connectivity index (χ1v) is 8.18. The molecule has 0 radical (unpaired) electrons. The molecule has 0 fully saturated rings. The first-order valence-electron chi connectivity index (χ1n) is 6.70. The third-order valence-electron chi connectivity index (χ3n) is 2.43. The van der Waals surface area contributed by atoms with Gasteiger partial charge >= 0.3 is 23.3 Å². The van der Waals surface area contributed by atoms with Crippen molar-refractivity contribution in [3.8, 4) is 0 Å². The molecule has 0 unspecified atom stereocenters. The smallest absolute Gasteiger partial charge is 0.395 e. The first kappa shape index (κ1) is 28.3. The molecular weight excluding hydrogens is 431 g/mol. The van der Waals surface area contributed by atoms with Crippen LogP contribution >= 0.6 is 0 Å². The lowest BCUT2D eigenvalue weighted by Gasteiger charge is -2.32. The highest BCUT2D eigenvalue weighted by Crippen LogP contribution is 2.54. The summed E-state index contributed by atoms with van der Waals surface area (Å²) in [5, 5.41) is 20.4. The second kappa shape index (κ2) is 10.6. The predicted octanol–water partition coefficient (Wildman–Crippen LogP) is -0.116. The summed E-state index contributed by atoms with van der Waals surface area (Å²) in [5.41, 5.74) is 0. The zero-order chi connectivity index (χ0) is 22.2. The fourth-order valence-electron chi connectivity index (χ4n) is 1.08. The Morgan fingerprint density at radius 3 is 1.33 bits per heavy atom. The molecular formula is C10H17F9N2O5S. The SMILES string of the molecule is O=S(=O)(NCCO)C(F)(F)C(F)(F)C(F)(F)C(F)(F)F.OCCNCCO. The number of alkyl halides is 9. The zero-order valence-corrected chi connectivity index (χ0v) is 14.0. The van der Waals surface area contributed by atoms with Crippen molar-refractivity contribution in [3.63, 3.8) is 0 Å². The van der Waals surface area contributed by atoms with E-state index in [9.17, 15) is 47.9 Å². The minimum Gasteiger partial charge on any atom is -0.395 e. The monoisotopic (exact) mass is 448 g/mol. The van der Waals surface area contributed by atoms with Crippen LogP contribution in [-0.4, -0.2) is 86.5 Å². The van der Waals surface area contributed by atoms with Crippen LogP contribution in [0.2, 0.25) is 0 Å². The van der Waals surface area contributed by atoms with Crippen LogP contribution in [0.3, 0.4) is 0 Å². The van der Waals surface area contributed by atoms with Gasteiger partial charge in [0.1, 0.15) is 0 Å². The molecule has 0 spiro atoms. The van der Waals surface area contributed by atoms with Gasteiger partial charge in [-0.05, 0) is 0 Å². The normalized spacial score (nSPS) is 13.9. The highest BCUT2D eigenvalue weighted by Gasteiger charge is 2.85. The Labute approximate surface area is 147 Å². The summed E-state index contributed by atoms with van der Waals surface area (Å²) in [5.74, 6) is -14.6. The molecule has 0 aromatic heterocycles. The number of aliphatic hydroxyl groups is 3. The van der Waals surface area contributed by atoms with Gasteiger partial charge in [0, 0.05) is 19.6 Å². The first-order chi connectivity index (χ1) is 12.0. The van der Waals surface area contributed by atoms with Gasteiger partial charge in [0.25, 0.3) is 10.0 Å². The number of rotatable bonds is 10. The van der Waals surface area contributed by atoms with Crippen molar-refractivity contribution < 1.29 is 63.3 Å². The van der Waals surface area contributed by atoms with Crippen LogP contribution in [0.5, 0.6) is 0 Å². The van der Waals surface area contributed by atoms with E-state index in [0.717, 1.165) is 0 Å². The largest absolute Gasteiger partial charge is 0.460 e. The van der Waals surface area contributed by atoms with Crippen LogP contribution in [0.4, 0.5) is 39.5 Å². The maximum absolute atomic E-state index is 12.9. The van der Waals surface area contributed by atoms with E-state index >= 15 is 0 Å². The van der Waals surface area contributed by atoms with Crippen LogP contribution in [0.1, 0.15) is 0 Å². The topological polar surface area (TPSA) is 119 Å². The molecule has 17 heteroatoms. The fraction of sp³-hybridized carbons (Fsp3) is 1.00. The molecule has 0 bridgehead atoms. The minimum atomic E-state index is -7.29. The molecule has 166 valence electrons. The van der Waals surface area contributed by atoms with Gasteiger partial charge in [-0.3, -0.25) is 0 Å². The lowest BCUT2D eigenvalue weighted by atomic mass is 10.1. The standard InChI is InChI=1S/C6H6F9NO3S.C4H11NO2/c7-3(8,5(11,12)13)4(9,10)6(14,15)20(18,19)16-1-2-17;6-3-1-5-2-4-7/h16-17H,1-2H2;5-7H,1-4H2. The van der Waals surface area contributed by atoms with Crippen molar-refractivity contribution in [2.45, 2.75) is 23.3 Å². The van der Waals surface area contributed by atoms with Gasteiger partial charge in [0.05, 0.1) is 19.8 Å². The molecule has 0 saturated heterocycles. The quantitative estimate of drug-likeness (QED) is 0.235. The van der Waals surface area contributed by atoms with Crippen molar-refractivity contribution in [1.29, 1.82) is 0 Å². The zero-order valence-electron chi connectivity index (χ0n) is 13.2. The number of nitrogens with one attached hydrogen (secondary N) is 2. The summed E-state index contributed by atoms with van der Waals surface area (Å²) in [6, 6.07) is 0. The van der Waals surface area contributed by atoms with E-state index in [4.69, 9.17) is 15.3 Å². The van der Waals surface area contributed by atoms with Crippen molar-refractivity contribution in [2.24, 2.45) is 0 Å². The molecule has 0 heterocycles. The molecule has 7 nitrogen and oxygen atoms in total. The number of aliphatic hydroxyl groups excluding tert-OH is 3. The molecule has 0 aromatic rings. The Hall–Kier alpha value is -0.880. The van der Waals surface area contributed by atoms with Gasteiger partial charge in [-0.25, -0.2) is 13.1 Å². The Morgan fingerprint density at radius 1 is 0.667 bits per heavy atom. The summed E-state index contributed by atoms with van der Waals surface area (Å²) < 4.78 is 133. The van der Waals surface area contributed by atoms with E-state index in [1.54, 1.807) is 0 Å². The molecule has 0 atom stereocenters. The van der Waals surface area contributed by atoms with E-state index < -0.39 is 46.5 Å². The van der Waals surface area contributed by atoms with Gasteiger partial charge < -0.3 is 20.6 Å². The summed E-state index contributed by atoms with van der Waals surface area (Å²) in [7, 11) is -6.60. The molecule has 5 N–H and O–H groups in total. The van der Waals surface area contributed by atoms with Gasteiger partial charge in [-0.2, -0.15) is 39.5 Å². The highest BCUT2D eigenvalue weighted by molar-refractivity contribution is 7.90. The Kier molecular flexibility index (Phi) is 11.1. The van der Waals surface area contributed by atoms with Gasteiger partial charge in [-0.1, -0.05) is 0 Å². The summed E-state index contributed by atoms with van der Waals surface area (Å²) in [6.45, 7) is -1.05. The molecule has 27 heavy (non-hydrogen) atoms. The molecule has 0 rings (SSSR count). The molecule has 0 saturated carbocycles. The van der Waals surface area contributed by atoms with Crippen LogP contribution < -0.4 is 10.0 Å². The summed E-state index contributed by atoms with van der Waals surface area (Å²) >= 11 is 0. The third-order valence-corrected chi connectivity index (χ3v) is 3.95. The van der Waals surface area contributed by atoms with Crippen molar-refractivity contribution in [3.05, 3.63) is 0 Å². The van der Waals surface area contributed by atoms with Gasteiger partial charge in [0.2, 0.25) is 0 Å². The van der Waals surface area contributed by atoms with E-state index in [1.165, 1.54) is 0 Å². The fourth-order valence-corrected chi connectivity index (χ4v) is 2.09. The molecule has 0 aromatic carbocycles. The second-order valence-electron chi connectivity index (χ2n) is 4.48.